The standard InChI is InChI=1S/C9H13N3O/c10-8-1-2-9(11-7-8)12-3-5-13-6-4-12/h1-2,7H,3-6,10H2/i1D,2D,3D2,4D2,5D2,6D2,7D. The van der Waals surface area contributed by atoms with Gasteiger partial charge >= 0.3 is 0 Å². The Bertz CT molecular complexity index is 666. The van der Waals surface area contributed by atoms with Gasteiger partial charge in [0, 0.05) is 13.0 Å². The quantitative estimate of drug-likeness (QED) is 0.700. The number of nitrogens with zero attached hydrogens (tertiary/aromatic N) is 2. The largest absolute Gasteiger partial charge is 0.397 e. The van der Waals surface area contributed by atoms with Crippen molar-refractivity contribution in [3.63, 3.8) is 0 Å². The van der Waals surface area contributed by atoms with Crippen molar-refractivity contribution >= 4 is 11.5 Å². The predicted molar refractivity (Wildman–Crippen MR) is 51.7 cm³/mol. The molecule has 2 N–H and O–H groups in total. The van der Waals surface area contributed by atoms with E-state index in [0.29, 0.717) is 0 Å². The van der Waals surface area contributed by atoms with Crippen molar-refractivity contribution in [2.75, 3.05) is 36.7 Å². The normalized spacial score (nSPS) is 45.2. The number of nitrogens with two attached hydrogens (primary N) is 1. The first-order chi connectivity index (χ1) is 10.6. The number of hydrogen-bond acceptors (Lipinski definition) is 4. The van der Waals surface area contributed by atoms with Crippen LogP contribution in [0, 0.1) is 0 Å². The summed E-state index contributed by atoms with van der Waals surface area (Å²) in [5, 5.41) is 0. The Labute approximate surface area is 92.8 Å². The fourth-order valence-corrected chi connectivity index (χ4v) is 0.695. The van der Waals surface area contributed by atoms with Gasteiger partial charge in [0.2, 0.25) is 0 Å². The fourth-order valence-electron chi connectivity index (χ4n) is 0.695. The van der Waals surface area contributed by atoms with E-state index in [-0.39, 0.29) is 4.90 Å². The third-order valence-electron chi connectivity index (χ3n) is 1.22. The van der Waals surface area contributed by atoms with Crippen molar-refractivity contribution in [2.45, 2.75) is 0 Å². The van der Waals surface area contributed by atoms with E-state index in [4.69, 9.17) is 20.8 Å². The molecule has 4 heteroatoms. The summed E-state index contributed by atoms with van der Waals surface area (Å²) in [6.07, 6.45) is -0.745. The first-order valence-corrected chi connectivity index (χ1v) is 3.31. The molecule has 1 aromatic rings. The average molecular weight is 190 g/mol. The van der Waals surface area contributed by atoms with Crippen molar-refractivity contribution < 1.29 is 19.8 Å². The highest BCUT2D eigenvalue weighted by Crippen LogP contribution is 2.13. The summed E-state index contributed by atoms with van der Waals surface area (Å²) in [7, 11) is 0. The van der Waals surface area contributed by atoms with Crippen LogP contribution in [0.25, 0.3) is 0 Å². The number of rotatable bonds is 1. The molecule has 0 atom stereocenters. The molecule has 1 saturated heterocycles. The molecule has 0 aromatic carbocycles. The zero-order valence-corrected chi connectivity index (χ0v) is 6.38. The molecule has 1 fully saturated rings. The highest BCUT2D eigenvalue weighted by atomic mass is 16.5. The number of nitrogen functional groups attached to an aromatic ring is 1. The summed E-state index contributed by atoms with van der Waals surface area (Å²) in [4.78, 5) is 3.42. The molecule has 0 unspecified atom stereocenters. The van der Waals surface area contributed by atoms with Crippen LogP contribution in [-0.4, -0.2) is 31.1 Å². The molecule has 0 saturated carbocycles. The minimum Gasteiger partial charge on any atom is -0.397 e. The summed E-state index contributed by atoms with van der Waals surface area (Å²) in [5.74, 6) is -0.926. The molecule has 13 heavy (non-hydrogen) atoms. The van der Waals surface area contributed by atoms with Gasteiger partial charge in [0.05, 0.1) is 40.1 Å². The van der Waals surface area contributed by atoms with Gasteiger partial charge in [-0.05, 0) is 12.1 Å². The number of anilines is 2. The smallest absolute Gasteiger partial charge is 0.128 e. The highest BCUT2D eigenvalue weighted by Gasteiger charge is 2.11. The van der Waals surface area contributed by atoms with E-state index in [2.05, 4.69) is 9.72 Å². The molecule has 1 aromatic heterocycles. The maximum atomic E-state index is 7.86. The van der Waals surface area contributed by atoms with Crippen LogP contribution in [-0.2, 0) is 4.74 Å². The van der Waals surface area contributed by atoms with E-state index >= 15 is 0 Å². The number of pyridine rings is 1. The second-order valence-corrected chi connectivity index (χ2v) is 2.08. The van der Waals surface area contributed by atoms with Crippen LogP contribution in [0.4, 0.5) is 11.5 Å². The lowest BCUT2D eigenvalue weighted by molar-refractivity contribution is 0.122. The Morgan fingerprint density at radius 3 is 3.08 bits per heavy atom. The molecule has 70 valence electrons. The van der Waals surface area contributed by atoms with Gasteiger partial charge in [-0.15, -0.1) is 0 Å². The van der Waals surface area contributed by atoms with Crippen molar-refractivity contribution in [3.05, 3.63) is 18.3 Å². The van der Waals surface area contributed by atoms with E-state index in [1.165, 1.54) is 0 Å². The summed E-state index contributed by atoms with van der Waals surface area (Å²) in [6, 6.07) is -1.60. The molecule has 1 aliphatic rings. The van der Waals surface area contributed by atoms with E-state index < -0.39 is 55.9 Å². The minimum absolute atomic E-state index is 0.0542. The monoisotopic (exact) mass is 190 g/mol. The summed E-state index contributed by atoms with van der Waals surface area (Å²) in [5.41, 5.74) is 4.89. The molecule has 0 radical (unpaired) electrons. The lowest BCUT2D eigenvalue weighted by Gasteiger charge is -2.27. The predicted octanol–water partition coefficient (Wildman–Crippen LogP) is 0.500. The lowest BCUT2D eigenvalue weighted by atomic mass is 10.3. The zero-order valence-electron chi connectivity index (χ0n) is 17.4. The van der Waals surface area contributed by atoms with Crippen LogP contribution in [0.2, 0.25) is 0 Å². The van der Waals surface area contributed by atoms with Crippen LogP contribution in [0.3, 0.4) is 0 Å². The molecular weight excluding hydrogens is 166 g/mol. The van der Waals surface area contributed by atoms with Crippen molar-refractivity contribution in [2.24, 2.45) is 0 Å². The summed E-state index contributed by atoms with van der Waals surface area (Å²) >= 11 is 0. The summed E-state index contributed by atoms with van der Waals surface area (Å²) in [6.45, 7) is -13.2. The molecule has 2 rings (SSSR count). The Hall–Kier alpha value is -1.29. The second-order valence-electron chi connectivity index (χ2n) is 2.08. The third-order valence-corrected chi connectivity index (χ3v) is 1.22. The van der Waals surface area contributed by atoms with Gasteiger partial charge in [-0.25, -0.2) is 4.98 Å². The lowest BCUT2D eigenvalue weighted by Crippen LogP contribution is -2.36. The topological polar surface area (TPSA) is 51.4 Å². The maximum Gasteiger partial charge on any atom is 0.128 e. The van der Waals surface area contributed by atoms with E-state index in [1.54, 1.807) is 0 Å². The summed E-state index contributed by atoms with van der Waals surface area (Å²) < 4.78 is 89.0. The van der Waals surface area contributed by atoms with Crippen LogP contribution in [0.15, 0.2) is 18.3 Å². The van der Waals surface area contributed by atoms with E-state index in [1.807, 2.05) is 0 Å². The fraction of sp³-hybridized carbons (Fsp3) is 0.444. The molecule has 0 amide bonds. The van der Waals surface area contributed by atoms with Crippen molar-refractivity contribution in [3.8, 4) is 0 Å². The highest BCUT2D eigenvalue weighted by molar-refractivity contribution is 5.45. The zero-order chi connectivity index (χ0) is 18.9. The van der Waals surface area contributed by atoms with Crippen LogP contribution in [0.1, 0.15) is 15.1 Å². The first-order valence-electron chi connectivity index (χ1n) is 8.81. The van der Waals surface area contributed by atoms with Gasteiger partial charge in [-0.2, -0.15) is 0 Å². The van der Waals surface area contributed by atoms with Gasteiger partial charge in [-0.1, -0.05) is 0 Å². The number of hydrogen-bond donors (Lipinski definition) is 1. The Kier molecular flexibility index (Phi) is 0.665. The van der Waals surface area contributed by atoms with Gasteiger partial charge in [-0.3, -0.25) is 0 Å². The Balaban J connectivity index is 2.83. The average Bonchev–Trinajstić information content (AvgIpc) is 2.39. The van der Waals surface area contributed by atoms with Gasteiger partial charge < -0.3 is 15.4 Å². The van der Waals surface area contributed by atoms with Crippen LogP contribution >= 0.6 is 0 Å². The van der Waals surface area contributed by atoms with E-state index in [9.17, 15) is 0 Å². The molecule has 1 aliphatic heterocycles. The molecular formula is C9H13N3O. The number of aromatic nitrogens is 1. The van der Waals surface area contributed by atoms with Crippen molar-refractivity contribution in [1.29, 1.82) is 0 Å². The number of morpholine rings is 1. The van der Waals surface area contributed by atoms with Crippen molar-refractivity contribution in [1.82, 2.24) is 4.98 Å². The molecule has 2 heterocycles. The Morgan fingerprint density at radius 1 is 1.54 bits per heavy atom. The maximum absolute atomic E-state index is 7.86. The van der Waals surface area contributed by atoms with Gasteiger partial charge in [0.1, 0.15) is 5.82 Å². The molecule has 0 bridgehead atoms. The molecule has 0 spiro atoms. The van der Waals surface area contributed by atoms with Gasteiger partial charge in [0.15, 0.2) is 0 Å². The van der Waals surface area contributed by atoms with Crippen LogP contribution < -0.4 is 10.6 Å². The van der Waals surface area contributed by atoms with E-state index in [0.717, 1.165) is 0 Å². The molecule has 0 aliphatic carbocycles. The first kappa shape index (κ1) is 2.39. The van der Waals surface area contributed by atoms with Gasteiger partial charge in [0.25, 0.3) is 0 Å². The number of ether oxygens (including phenoxy) is 1. The Morgan fingerprint density at radius 2 is 2.31 bits per heavy atom. The SMILES string of the molecule is [2H]c1nc(N2C([2H])([2H])C([2H])([2H])OC([2H])([2H])C2([2H])[2H])c([2H])c([2H])c1N. The van der Waals surface area contributed by atoms with Crippen LogP contribution in [0.5, 0.6) is 0 Å². The molecule has 4 nitrogen and oxygen atoms in total. The minimum atomic E-state index is -3.32. The third kappa shape index (κ3) is 1.89. The second kappa shape index (κ2) is 3.62.